The maximum atomic E-state index is 11.8. The van der Waals surface area contributed by atoms with Crippen molar-refractivity contribution in [3.63, 3.8) is 0 Å². The maximum absolute atomic E-state index is 11.8. The highest BCUT2D eigenvalue weighted by molar-refractivity contribution is 5.82. The van der Waals surface area contributed by atoms with Crippen LogP contribution < -0.4 is 5.32 Å². The summed E-state index contributed by atoms with van der Waals surface area (Å²) in [6, 6.07) is 6.33. The Labute approximate surface area is 97.1 Å². The second kappa shape index (κ2) is 4.79. The number of Topliss-reactive ketones (excluding diaryl/α,β-unsaturated/α-hetero) is 1. The first kappa shape index (κ1) is 11.3. The van der Waals surface area contributed by atoms with Crippen molar-refractivity contribution in [1.82, 2.24) is 5.32 Å². The summed E-state index contributed by atoms with van der Waals surface area (Å²) in [4.78, 5) is 11.8. The van der Waals surface area contributed by atoms with Gasteiger partial charge in [0.05, 0.1) is 0 Å². The largest absolute Gasteiger partial charge is 0.316 e. The lowest BCUT2D eigenvalue weighted by Crippen LogP contribution is -2.38. The number of aryl methyl sites for hydroxylation is 2. The molecule has 1 fully saturated rings. The Morgan fingerprint density at radius 3 is 2.62 bits per heavy atom. The van der Waals surface area contributed by atoms with Crippen molar-refractivity contribution in [2.45, 2.75) is 26.7 Å². The molecule has 0 saturated carbocycles. The topological polar surface area (TPSA) is 29.1 Å². The number of nitrogens with one attached hydrogen (secondary N) is 1. The monoisotopic (exact) mass is 217 g/mol. The molecule has 0 bridgehead atoms. The maximum Gasteiger partial charge on any atom is 0.138 e. The molecule has 0 aromatic heterocycles. The molecule has 0 aliphatic carbocycles. The second-order valence-corrected chi connectivity index (χ2v) is 4.69. The minimum absolute atomic E-state index is 0.175. The third-order valence-corrected chi connectivity index (χ3v) is 3.49. The number of hydrogen-bond acceptors (Lipinski definition) is 2. The lowest BCUT2D eigenvalue weighted by Gasteiger charge is -2.23. The van der Waals surface area contributed by atoms with Crippen LogP contribution in [0.1, 0.15) is 23.1 Å². The number of benzene rings is 1. The van der Waals surface area contributed by atoms with Gasteiger partial charge in [-0.2, -0.15) is 0 Å². The molecule has 1 N–H and O–H groups in total. The van der Waals surface area contributed by atoms with Crippen LogP contribution in [0, 0.1) is 19.8 Å². The lowest BCUT2D eigenvalue weighted by atomic mass is 9.87. The van der Waals surface area contributed by atoms with Crippen LogP contribution in [0.2, 0.25) is 0 Å². The molecule has 1 unspecified atom stereocenters. The van der Waals surface area contributed by atoms with Crippen LogP contribution in [0.25, 0.3) is 0 Å². The van der Waals surface area contributed by atoms with Gasteiger partial charge in [0.15, 0.2) is 0 Å². The summed E-state index contributed by atoms with van der Waals surface area (Å²) < 4.78 is 0. The molecule has 1 aliphatic rings. The Bertz CT molecular complexity index is 377. The van der Waals surface area contributed by atoms with Crippen LogP contribution in [0.4, 0.5) is 0 Å². The highest BCUT2D eigenvalue weighted by Gasteiger charge is 2.22. The Morgan fingerprint density at radius 2 is 2.00 bits per heavy atom. The minimum atomic E-state index is 0.175. The fourth-order valence-corrected chi connectivity index (χ4v) is 2.41. The molecule has 1 saturated heterocycles. The van der Waals surface area contributed by atoms with Crippen molar-refractivity contribution in [2.24, 2.45) is 5.92 Å². The summed E-state index contributed by atoms with van der Waals surface area (Å²) in [5, 5.41) is 3.30. The van der Waals surface area contributed by atoms with E-state index in [0.717, 1.165) is 19.5 Å². The number of hydrogen-bond donors (Lipinski definition) is 1. The van der Waals surface area contributed by atoms with Crippen LogP contribution in [0.15, 0.2) is 18.2 Å². The Morgan fingerprint density at radius 1 is 1.31 bits per heavy atom. The summed E-state index contributed by atoms with van der Waals surface area (Å²) >= 11 is 0. The zero-order valence-electron chi connectivity index (χ0n) is 10.0. The third kappa shape index (κ3) is 2.33. The lowest BCUT2D eigenvalue weighted by molar-refractivity contribution is -0.123. The van der Waals surface area contributed by atoms with Crippen LogP contribution in [-0.2, 0) is 11.2 Å². The van der Waals surface area contributed by atoms with Crippen molar-refractivity contribution in [3.8, 4) is 0 Å². The fraction of sp³-hybridized carbons (Fsp3) is 0.500. The third-order valence-electron chi connectivity index (χ3n) is 3.49. The number of ketones is 1. The van der Waals surface area contributed by atoms with Gasteiger partial charge in [-0.15, -0.1) is 0 Å². The Kier molecular flexibility index (Phi) is 3.39. The minimum Gasteiger partial charge on any atom is -0.316 e. The van der Waals surface area contributed by atoms with Gasteiger partial charge in [0, 0.05) is 25.4 Å². The molecule has 1 atom stereocenters. The van der Waals surface area contributed by atoms with E-state index in [9.17, 15) is 4.79 Å². The van der Waals surface area contributed by atoms with E-state index in [2.05, 4.69) is 37.4 Å². The summed E-state index contributed by atoms with van der Waals surface area (Å²) in [7, 11) is 0. The van der Waals surface area contributed by atoms with E-state index in [1.807, 2.05) is 0 Å². The van der Waals surface area contributed by atoms with Crippen LogP contribution in [-0.4, -0.2) is 18.9 Å². The van der Waals surface area contributed by atoms with Gasteiger partial charge in [-0.3, -0.25) is 4.79 Å². The van der Waals surface area contributed by atoms with Crippen molar-refractivity contribution in [1.29, 1.82) is 0 Å². The molecule has 2 nitrogen and oxygen atoms in total. The normalized spacial score (nSPS) is 21.1. The second-order valence-electron chi connectivity index (χ2n) is 4.69. The first-order valence-corrected chi connectivity index (χ1v) is 5.97. The quantitative estimate of drug-likeness (QED) is 0.821. The van der Waals surface area contributed by atoms with E-state index in [1.54, 1.807) is 0 Å². The van der Waals surface area contributed by atoms with Crippen LogP contribution >= 0.6 is 0 Å². The van der Waals surface area contributed by atoms with Crippen molar-refractivity contribution in [3.05, 3.63) is 34.9 Å². The molecule has 16 heavy (non-hydrogen) atoms. The first-order chi connectivity index (χ1) is 7.68. The summed E-state index contributed by atoms with van der Waals surface area (Å²) in [5.41, 5.74) is 3.96. The van der Waals surface area contributed by atoms with E-state index in [1.165, 1.54) is 16.7 Å². The van der Waals surface area contributed by atoms with E-state index < -0.39 is 0 Å². The molecule has 86 valence electrons. The van der Waals surface area contributed by atoms with Crippen LogP contribution in [0.3, 0.4) is 0 Å². The first-order valence-electron chi connectivity index (χ1n) is 5.97. The number of carbonyl (C=O) groups is 1. The highest BCUT2D eigenvalue weighted by atomic mass is 16.1. The van der Waals surface area contributed by atoms with E-state index in [4.69, 9.17) is 0 Å². The highest BCUT2D eigenvalue weighted by Crippen LogP contribution is 2.20. The van der Waals surface area contributed by atoms with E-state index in [0.29, 0.717) is 12.2 Å². The van der Waals surface area contributed by atoms with Gasteiger partial charge < -0.3 is 5.32 Å². The Balaban J connectivity index is 2.16. The fourth-order valence-electron chi connectivity index (χ4n) is 2.41. The molecule has 1 heterocycles. The Hall–Kier alpha value is -1.15. The number of piperidine rings is 1. The molecule has 0 spiro atoms. The van der Waals surface area contributed by atoms with Gasteiger partial charge in [-0.05, 0) is 37.0 Å². The SMILES string of the molecule is Cc1cccc(C)c1CC1CNCCC1=O. The van der Waals surface area contributed by atoms with Gasteiger partial charge in [-0.1, -0.05) is 18.2 Å². The average molecular weight is 217 g/mol. The summed E-state index contributed by atoms with van der Waals surface area (Å²) in [6.07, 6.45) is 1.58. The predicted molar refractivity (Wildman–Crippen MR) is 65.6 cm³/mol. The van der Waals surface area contributed by atoms with Gasteiger partial charge in [0.2, 0.25) is 0 Å². The zero-order chi connectivity index (χ0) is 11.5. The standard InChI is InChI=1S/C14H19NO/c1-10-4-3-5-11(2)13(10)8-12-9-15-7-6-14(12)16/h3-5,12,15H,6-9H2,1-2H3. The zero-order valence-corrected chi connectivity index (χ0v) is 10.0. The molecular weight excluding hydrogens is 198 g/mol. The van der Waals surface area contributed by atoms with Crippen molar-refractivity contribution in [2.75, 3.05) is 13.1 Å². The molecule has 0 radical (unpaired) electrons. The predicted octanol–water partition coefficient (Wildman–Crippen LogP) is 2.02. The molecule has 2 rings (SSSR count). The molecular formula is C14H19NO. The van der Waals surface area contributed by atoms with E-state index >= 15 is 0 Å². The van der Waals surface area contributed by atoms with Crippen molar-refractivity contribution < 1.29 is 4.79 Å². The van der Waals surface area contributed by atoms with E-state index in [-0.39, 0.29) is 5.92 Å². The van der Waals surface area contributed by atoms with Gasteiger partial charge in [0.1, 0.15) is 5.78 Å². The average Bonchev–Trinajstić information content (AvgIpc) is 2.26. The molecule has 0 amide bonds. The van der Waals surface area contributed by atoms with Crippen molar-refractivity contribution >= 4 is 5.78 Å². The van der Waals surface area contributed by atoms with Gasteiger partial charge in [0.25, 0.3) is 0 Å². The molecule has 2 heteroatoms. The summed E-state index contributed by atoms with van der Waals surface area (Å²) in [6.45, 7) is 5.95. The number of carbonyl (C=O) groups excluding carboxylic acids is 1. The molecule has 1 aromatic rings. The smallest absolute Gasteiger partial charge is 0.138 e. The summed E-state index contributed by atoms with van der Waals surface area (Å²) in [5.74, 6) is 0.593. The van der Waals surface area contributed by atoms with Gasteiger partial charge in [-0.25, -0.2) is 0 Å². The molecule has 1 aliphatic heterocycles. The number of rotatable bonds is 2. The molecule has 1 aromatic carbocycles. The van der Waals surface area contributed by atoms with Gasteiger partial charge >= 0.3 is 0 Å². The van der Waals surface area contributed by atoms with Crippen LogP contribution in [0.5, 0.6) is 0 Å².